The van der Waals surface area contributed by atoms with Crippen molar-refractivity contribution in [2.75, 3.05) is 32.7 Å². The van der Waals surface area contributed by atoms with Crippen molar-refractivity contribution < 1.29 is 14.0 Å². The highest BCUT2D eigenvalue weighted by Gasteiger charge is 2.43. The van der Waals surface area contributed by atoms with Gasteiger partial charge in [0.1, 0.15) is 11.4 Å². The molecule has 1 atom stereocenters. The summed E-state index contributed by atoms with van der Waals surface area (Å²) in [6.07, 6.45) is 2.22. The van der Waals surface area contributed by atoms with Crippen molar-refractivity contribution in [3.63, 3.8) is 0 Å². The monoisotopic (exact) mass is 372 g/mol. The lowest BCUT2D eigenvalue weighted by atomic mass is 9.98. The van der Waals surface area contributed by atoms with E-state index in [0.29, 0.717) is 26.2 Å². The maximum absolute atomic E-state index is 12.9. The first-order valence-electron chi connectivity index (χ1n) is 9.36. The molecule has 6 nitrogen and oxygen atoms in total. The summed E-state index contributed by atoms with van der Waals surface area (Å²) in [7, 11) is 0. The minimum atomic E-state index is -0.774. The van der Waals surface area contributed by atoms with Crippen molar-refractivity contribution in [3.8, 4) is 6.07 Å². The molecule has 1 heterocycles. The molecule has 1 saturated carbocycles. The van der Waals surface area contributed by atoms with Crippen LogP contribution in [0.15, 0.2) is 24.3 Å². The highest BCUT2D eigenvalue weighted by molar-refractivity contribution is 5.80. The molecule has 2 aliphatic rings. The Bertz CT molecular complexity index is 733. The van der Waals surface area contributed by atoms with E-state index in [1.165, 1.54) is 12.1 Å². The van der Waals surface area contributed by atoms with E-state index in [9.17, 15) is 19.2 Å². The Kier molecular flexibility index (Phi) is 5.76. The van der Waals surface area contributed by atoms with Gasteiger partial charge in [0.15, 0.2) is 0 Å². The van der Waals surface area contributed by atoms with Gasteiger partial charge in [0.25, 0.3) is 0 Å². The first kappa shape index (κ1) is 19.3. The van der Waals surface area contributed by atoms with Gasteiger partial charge in [0.2, 0.25) is 11.8 Å². The fourth-order valence-electron chi connectivity index (χ4n) is 3.46. The third kappa shape index (κ3) is 5.04. The summed E-state index contributed by atoms with van der Waals surface area (Å²) in [6, 6.07) is 8.19. The number of halogens is 1. The Morgan fingerprint density at radius 3 is 2.41 bits per heavy atom. The second-order valence-corrected chi connectivity index (χ2v) is 7.60. The van der Waals surface area contributed by atoms with Gasteiger partial charge in [0, 0.05) is 26.2 Å². The van der Waals surface area contributed by atoms with Crippen LogP contribution in [0.1, 0.15) is 25.3 Å². The number of rotatable bonds is 6. The van der Waals surface area contributed by atoms with Crippen LogP contribution in [0.25, 0.3) is 0 Å². The highest BCUT2D eigenvalue weighted by atomic mass is 19.1. The number of nitrogens with one attached hydrogen (secondary N) is 1. The molecule has 27 heavy (non-hydrogen) atoms. The van der Waals surface area contributed by atoms with Gasteiger partial charge in [0.05, 0.1) is 19.0 Å². The van der Waals surface area contributed by atoms with Gasteiger partial charge in [-0.25, -0.2) is 4.39 Å². The topological polar surface area (TPSA) is 76.4 Å². The Balaban J connectivity index is 1.43. The molecule has 1 N–H and O–H groups in total. The number of hydrogen-bond acceptors (Lipinski definition) is 4. The van der Waals surface area contributed by atoms with Crippen LogP contribution in [0.2, 0.25) is 0 Å². The van der Waals surface area contributed by atoms with E-state index in [2.05, 4.69) is 11.4 Å². The van der Waals surface area contributed by atoms with E-state index in [4.69, 9.17) is 0 Å². The van der Waals surface area contributed by atoms with Crippen molar-refractivity contribution in [3.05, 3.63) is 35.6 Å². The molecule has 1 unspecified atom stereocenters. The summed E-state index contributed by atoms with van der Waals surface area (Å²) in [6.45, 7) is 4.39. The van der Waals surface area contributed by atoms with E-state index in [0.717, 1.165) is 18.4 Å². The number of hydrogen-bond donors (Lipinski definition) is 1. The van der Waals surface area contributed by atoms with Gasteiger partial charge in [-0.05, 0) is 43.4 Å². The van der Waals surface area contributed by atoms with E-state index < -0.39 is 5.54 Å². The second-order valence-electron chi connectivity index (χ2n) is 7.60. The summed E-state index contributed by atoms with van der Waals surface area (Å²) < 4.78 is 12.9. The van der Waals surface area contributed by atoms with Crippen LogP contribution in [-0.4, -0.2) is 59.9 Å². The summed E-state index contributed by atoms with van der Waals surface area (Å²) in [5.74, 6) is -0.187. The van der Waals surface area contributed by atoms with Crippen LogP contribution >= 0.6 is 0 Å². The van der Waals surface area contributed by atoms with Crippen LogP contribution in [-0.2, 0) is 16.0 Å². The Morgan fingerprint density at radius 2 is 1.85 bits per heavy atom. The standard InChI is InChI=1S/C20H25FN4O2/c1-20(14-22,16-4-5-16)23-18(26)13-24-8-10-25(11-9-24)19(27)12-15-2-6-17(21)7-3-15/h2-3,6-7,16H,4-5,8-13H2,1H3,(H,23,26). The normalized spacial score (nSPS) is 19.8. The zero-order chi connectivity index (χ0) is 19.4. The highest BCUT2D eigenvalue weighted by Crippen LogP contribution is 2.39. The fraction of sp³-hybridized carbons (Fsp3) is 0.550. The van der Waals surface area contributed by atoms with Gasteiger partial charge in [-0.2, -0.15) is 5.26 Å². The van der Waals surface area contributed by atoms with Crippen molar-refractivity contribution in [1.82, 2.24) is 15.1 Å². The Hall–Kier alpha value is -2.46. The van der Waals surface area contributed by atoms with Crippen LogP contribution < -0.4 is 5.32 Å². The maximum Gasteiger partial charge on any atom is 0.235 e. The molecule has 0 bridgehead atoms. The van der Waals surface area contributed by atoms with Crippen molar-refractivity contribution in [2.45, 2.75) is 31.7 Å². The number of piperazine rings is 1. The van der Waals surface area contributed by atoms with E-state index in [-0.39, 0.29) is 36.5 Å². The predicted octanol–water partition coefficient (Wildman–Crippen LogP) is 1.32. The zero-order valence-corrected chi connectivity index (χ0v) is 15.6. The molecular formula is C20H25FN4O2. The molecule has 144 valence electrons. The van der Waals surface area contributed by atoms with Crippen LogP contribution in [0.3, 0.4) is 0 Å². The number of nitrogens with zero attached hydrogens (tertiary/aromatic N) is 3. The third-order valence-corrected chi connectivity index (χ3v) is 5.39. The molecule has 2 fully saturated rings. The molecule has 1 aliphatic heterocycles. The lowest BCUT2D eigenvalue weighted by Gasteiger charge is -2.35. The van der Waals surface area contributed by atoms with Gasteiger partial charge >= 0.3 is 0 Å². The van der Waals surface area contributed by atoms with E-state index in [1.54, 1.807) is 24.0 Å². The van der Waals surface area contributed by atoms with Gasteiger partial charge in [-0.1, -0.05) is 12.1 Å². The number of nitriles is 1. The van der Waals surface area contributed by atoms with Crippen LogP contribution in [0.5, 0.6) is 0 Å². The Labute approximate surface area is 158 Å². The molecule has 1 aromatic carbocycles. The molecule has 1 aliphatic carbocycles. The van der Waals surface area contributed by atoms with Crippen molar-refractivity contribution in [1.29, 1.82) is 5.26 Å². The van der Waals surface area contributed by atoms with Gasteiger partial charge in [-0.3, -0.25) is 14.5 Å². The summed E-state index contributed by atoms with van der Waals surface area (Å²) in [5.41, 5.74) is 0.0170. The lowest BCUT2D eigenvalue weighted by Crippen LogP contribution is -2.54. The molecule has 0 aromatic heterocycles. The summed E-state index contributed by atoms with van der Waals surface area (Å²) >= 11 is 0. The molecule has 0 radical (unpaired) electrons. The third-order valence-electron chi connectivity index (χ3n) is 5.39. The lowest BCUT2D eigenvalue weighted by molar-refractivity contribution is -0.132. The SMILES string of the molecule is CC(C#N)(NC(=O)CN1CCN(C(=O)Cc2ccc(F)cc2)CC1)C1CC1. The number of benzene rings is 1. The van der Waals surface area contributed by atoms with E-state index in [1.807, 2.05) is 4.90 Å². The van der Waals surface area contributed by atoms with Crippen molar-refractivity contribution >= 4 is 11.8 Å². The van der Waals surface area contributed by atoms with Crippen molar-refractivity contribution in [2.24, 2.45) is 5.92 Å². The molecule has 1 aromatic rings. The molecule has 3 rings (SSSR count). The smallest absolute Gasteiger partial charge is 0.235 e. The molecule has 7 heteroatoms. The first-order valence-corrected chi connectivity index (χ1v) is 9.36. The molecular weight excluding hydrogens is 347 g/mol. The van der Waals surface area contributed by atoms with Crippen LogP contribution in [0.4, 0.5) is 4.39 Å². The fourth-order valence-corrected chi connectivity index (χ4v) is 3.46. The van der Waals surface area contributed by atoms with Gasteiger partial charge < -0.3 is 10.2 Å². The quantitative estimate of drug-likeness (QED) is 0.817. The number of carbonyl (C=O) groups excluding carboxylic acids is 2. The average Bonchev–Trinajstić information content (AvgIpc) is 3.49. The maximum atomic E-state index is 12.9. The van der Waals surface area contributed by atoms with E-state index >= 15 is 0 Å². The van der Waals surface area contributed by atoms with Gasteiger partial charge in [-0.15, -0.1) is 0 Å². The van der Waals surface area contributed by atoms with Crippen LogP contribution in [0, 0.1) is 23.1 Å². The zero-order valence-electron chi connectivity index (χ0n) is 15.6. The second kappa shape index (κ2) is 8.05. The number of amides is 2. The molecule has 1 saturated heterocycles. The molecule has 2 amide bonds. The largest absolute Gasteiger partial charge is 0.340 e. The summed E-state index contributed by atoms with van der Waals surface area (Å²) in [5, 5.41) is 12.2. The first-order chi connectivity index (χ1) is 12.9. The average molecular weight is 372 g/mol. The summed E-state index contributed by atoms with van der Waals surface area (Å²) in [4.78, 5) is 28.5. The predicted molar refractivity (Wildman–Crippen MR) is 98.0 cm³/mol. The number of carbonyl (C=O) groups is 2. The minimum absolute atomic E-state index is 0.0106. The Morgan fingerprint density at radius 1 is 1.22 bits per heavy atom. The molecule has 0 spiro atoms. The minimum Gasteiger partial charge on any atom is -0.340 e.